The second-order valence-electron chi connectivity index (χ2n) is 3.87. The number of carbonyl (C=O) groups excluding carboxylic acids is 1. The lowest BCUT2D eigenvalue weighted by atomic mass is 10.2. The molecule has 0 aliphatic carbocycles. The molecule has 1 aliphatic rings. The monoisotopic (exact) mass is 311 g/mol. The second kappa shape index (κ2) is 4.27. The Bertz CT molecular complexity index is 549. The topological polar surface area (TPSA) is 38.1 Å². The molecule has 0 aromatic carbocycles. The molecule has 88 valence electrons. The molecule has 0 saturated heterocycles. The molecule has 1 aliphatic heterocycles. The van der Waals surface area contributed by atoms with Gasteiger partial charge in [0.05, 0.1) is 23.8 Å². The summed E-state index contributed by atoms with van der Waals surface area (Å²) in [7, 11) is 0. The highest BCUT2D eigenvalue weighted by atomic mass is 79.9. The van der Waals surface area contributed by atoms with Crippen molar-refractivity contribution in [3.05, 3.63) is 38.8 Å². The summed E-state index contributed by atoms with van der Waals surface area (Å²) in [5.41, 5.74) is 0.660. The average molecular weight is 312 g/mol. The highest BCUT2D eigenvalue weighted by Crippen LogP contribution is 2.23. The third-order valence-corrected chi connectivity index (χ3v) is 4.23. The first-order valence-corrected chi connectivity index (χ1v) is 6.96. The van der Waals surface area contributed by atoms with Gasteiger partial charge in [-0.05, 0) is 27.4 Å². The first-order chi connectivity index (χ1) is 8.25. The van der Waals surface area contributed by atoms with Gasteiger partial charge >= 0.3 is 0 Å². The van der Waals surface area contributed by atoms with Crippen molar-refractivity contribution >= 4 is 33.2 Å². The van der Waals surface area contributed by atoms with Crippen LogP contribution in [-0.2, 0) is 13.1 Å². The van der Waals surface area contributed by atoms with Crippen LogP contribution in [0, 0.1) is 0 Å². The zero-order valence-corrected chi connectivity index (χ0v) is 11.4. The van der Waals surface area contributed by atoms with E-state index in [0.29, 0.717) is 12.2 Å². The van der Waals surface area contributed by atoms with E-state index in [0.717, 1.165) is 17.6 Å². The molecule has 3 rings (SSSR count). The molecule has 0 bridgehead atoms. The van der Waals surface area contributed by atoms with E-state index in [1.807, 2.05) is 16.3 Å². The Morgan fingerprint density at radius 1 is 1.47 bits per heavy atom. The molecule has 0 unspecified atom stereocenters. The van der Waals surface area contributed by atoms with Crippen molar-refractivity contribution < 1.29 is 4.79 Å². The lowest BCUT2D eigenvalue weighted by Crippen LogP contribution is -2.39. The summed E-state index contributed by atoms with van der Waals surface area (Å²) in [5, 5.41) is 6.19. The van der Waals surface area contributed by atoms with Gasteiger partial charge in [0.1, 0.15) is 5.69 Å². The SMILES string of the molecule is O=C1c2c(Br)cnn2CCN1Cc1cccs1. The Hall–Kier alpha value is -1.14. The van der Waals surface area contributed by atoms with Crippen molar-refractivity contribution in [2.24, 2.45) is 0 Å². The fourth-order valence-corrected chi connectivity index (χ4v) is 3.14. The van der Waals surface area contributed by atoms with Crippen LogP contribution in [0.25, 0.3) is 0 Å². The molecule has 2 aromatic heterocycles. The van der Waals surface area contributed by atoms with Crippen LogP contribution < -0.4 is 0 Å². The largest absolute Gasteiger partial charge is 0.330 e. The van der Waals surface area contributed by atoms with Gasteiger partial charge in [-0.2, -0.15) is 5.10 Å². The number of nitrogens with zero attached hydrogens (tertiary/aromatic N) is 3. The molecule has 3 heterocycles. The van der Waals surface area contributed by atoms with Gasteiger partial charge in [-0.15, -0.1) is 11.3 Å². The van der Waals surface area contributed by atoms with E-state index in [9.17, 15) is 4.79 Å². The van der Waals surface area contributed by atoms with Crippen molar-refractivity contribution in [2.75, 3.05) is 6.54 Å². The normalized spacial score (nSPS) is 15.1. The maximum absolute atomic E-state index is 12.3. The number of aromatic nitrogens is 2. The number of rotatable bonds is 2. The summed E-state index contributed by atoms with van der Waals surface area (Å²) in [4.78, 5) is 15.3. The number of carbonyl (C=O) groups is 1. The fourth-order valence-electron chi connectivity index (χ4n) is 1.95. The maximum Gasteiger partial charge on any atom is 0.273 e. The average Bonchev–Trinajstić information content (AvgIpc) is 2.93. The fraction of sp³-hybridized carbons (Fsp3) is 0.273. The summed E-state index contributed by atoms with van der Waals surface area (Å²) < 4.78 is 2.54. The molecule has 0 atom stereocenters. The molecule has 2 aromatic rings. The highest BCUT2D eigenvalue weighted by Gasteiger charge is 2.27. The zero-order valence-electron chi connectivity index (χ0n) is 8.97. The van der Waals surface area contributed by atoms with Gasteiger partial charge in [-0.1, -0.05) is 6.07 Å². The van der Waals surface area contributed by atoms with Crippen LogP contribution in [0.1, 0.15) is 15.4 Å². The number of hydrogen-bond donors (Lipinski definition) is 0. The van der Waals surface area contributed by atoms with Crippen molar-refractivity contribution in [3.63, 3.8) is 0 Å². The number of fused-ring (bicyclic) bond motifs is 1. The second-order valence-corrected chi connectivity index (χ2v) is 5.76. The van der Waals surface area contributed by atoms with Gasteiger partial charge in [0.2, 0.25) is 0 Å². The number of halogens is 1. The molecule has 0 radical (unpaired) electrons. The Kier molecular flexibility index (Phi) is 2.76. The van der Waals surface area contributed by atoms with E-state index in [2.05, 4.69) is 27.1 Å². The first-order valence-electron chi connectivity index (χ1n) is 5.28. The summed E-state index contributed by atoms with van der Waals surface area (Å²) in [6.07, 6.45) is 1.68. The Morgan fingerprint density at radius 3 is 3.12 bits per heavy atom. The van der Waals surface area contributed by atoms with Crippen LogP contribution in [0.15, 0.2) is 28.2 Å². The van der Waals surface area contributed by atoms with Crippen molar-refractivity contribution in [1.29, 1.82) is 0 Å². The lowest BCUT2D eigenvalue weighted by molar-refractivity contribution is 0.0684. The van der Waals surface area contributed by atoms with Gasteiger partial charge in [0, 0.05) is 11.4 Å². The van der Waals surface area contributed by atoms with Crippen LogP contribution in [0.2, 0.25) is 0 Å². The van der Waals surface area contributed by atoms with E-state index in [1.165, 1.54) is 4.88 Å². The minimum Gasteiger partial charge on any atom is -0.330 e. The van der Waals surface area contributed by atoms with Gasteiger partial charge in [-0.3, -0.25) is 9.48 Å². The number of thiophene rings is 1. The molecule has 0 N–H and O–H groups in total. The zero-order chi connectivity index (χ0) is 11.8. The van der Waals surface area contributed by atoms with Gasteiger partial charge < -0.3 is 4.90 Å². The summed E-state index contributed by atoms with van der Waals surface area (Å²) in [6, 6.07) is 4.06. The molecular formula is C11H10BrN3OS. The van der Waals surface area contributed by atoms with E-state index < -0.39 is 0 Å². The van der Waals surface area contributed by atoms with Gasteiger partial charge in [0.25, 0.3) is 5.91 Å². The van der Waals surface area contributed by atoms with E-state index in [-0.39, 0.29) is 5.91 Å². The molecule has 0 fully saturated rings. The molecule has 4 nitrogen and oxygen atoms in total. The molecule has 6 heteroatoms. The van der Waals surface area contributed by atoms with Crippen LogP contribution >= 0.6 is 27.3 Å². The highest BCUT2D eigenvalue weighted by molar-refractivity contribution is 9.10. The van der Waals surface area contributed by atoms with Gasteiger partial charge in [-0.25, -0.2) is 0 Å². The summed E-state index contributed by atoms with van der Waals surface area (Å²) in [6.45, 7) is 2.17. The minimum absolute atomic E-state index is 0.0500. The van der Waals surface area contributed by atoms with Crippen molar-refractivity contribution in [2.45, 2.75) is 13.1 Å². The Balaban J connectivity index is 1.86. The van der Waals surface area contributed by atoms with Crippen LogP contribution in [0.3, 0.4) is 0 Å². The number of amides is 1. The smallest absolute Gasteiger partial charge is 0.273 e. The molecule has 0 spiro atoms. The summed E-state index contributed by atoms with van der Waals surface area (Å²) in [5.74, 6) is 0.0500. The van der Waals surface area contributed by atoms with E-state index in [1.54, 1.807) is 22.2 Å². The molecule has 17 heavy (non-hydrogen) atoms. The van der Waals surface area contributed by atoms with Crippen LogP contribution in [0.4, 0.5) is 0 Å². The first kappa shape index (κ1) is 11.0. The third-order valence-electron chi connectivity index (χ3n) is 2.79. The molecular weight excluding hydrogens is 302 g/mol. The van der Waals surface area contributed by atoms with Crippen molar-refractivity contribution in [1.82, 2.24) is 14.7 Å². The Labute approximate surface area is 111 Å². The molecule has 0 saturated carbocycles. The number of hydrogen-bond acceptors (Lipinski definition) is 3. The van der Waals surface area contributed by atoms with E-state index in [4.69, 9.17) is 0 Å². The molecule has 1 amide bonds. The third kappa shape index (κ3) is 1.91. The maximum atomic E-state index is 12.3. The van der Waals surface area contributed by atoms with Crippen LogP contribution in [0.5, 0.6) is 0 Å². The summed E-state index contributed by atoms with van der Waals surface area (Å²) >= 11 is 5.05. The van der Waals surface area contributed by atoms with Gasteiger partial charge in [0.15, 0.2) is 0 Å². The van der Waals surface area contributed by atoms with E-state index >= 15 is 0 Å². The van der Waals surface area contributed by atoms with Crippen molar-refractivity contribution in [3.8, 4) is 0 Å². The predicted octanol–water partition coefficient (Wildman–Crippen LogP) is 2.36. The minimum atomic E-state index is 0.0500. The quantitative estimate of drug-likeness (QED) is 0.854. The standard InChI is InChI=1S/C11H10BrN3OS/c12-9-6-13-15-4-3-14(11(16)10(9)15)7-8-2-1-5-17-8/h1-2,5-6H,3-4,7H2. The lowest BCUT2D eigenvalue weighted by Gasteiger charge is -2.27. The Morgan fingerprint density at radius 2 is 2.35 bits per heavy atom. The predicted molar refractivity (Wildman–Crippen MR) is 69.0 cm³/mol. The van der Waals surface area contributed by atoms with Crippen LogP contribution in [-0.4, -0.2) is 27.1 Å².